The first-order valence-corrected chi connectivity index (χ1v) is 10.7. The predicted molar refractivity (Wildman–Crippen MR) is 128 cm³/mol. The summed E-state index contributed by atoms with van der Waals surface area (Å²) in [6, 6.07) is 11.5. The average Bonchev–Trinajstić information content (AvgIpc) is 3.19. The van der Waals surface area contributed by atoms with Crippen molar-refractivity contribution >= 4 is 29.9 Å². The Morgan fingerprint density at radius 2 is 1.93 bits per heavy atom. The molecule has 3 rings (SSSR count). The topological polar surface area (TPSA) is 48.9 Å². The third-order valence-electron chi connectivity index (χ3n) is 6.13. The molecule has 6 heteroatoms. The number of benzene rings is 1. The van der Waals surface area contributed by atoms with Crippen LogP contribution >= 0.6 is 24.0 Å². The van der Waals surface area contributed by atoms with Gasteiger partial charge in [0.2, 0.25) is 0 Å². The molecule has 2 aliphatic rings. The van der Waals surface area contributed by atoms with E-state index in [4.69, 9.17) is 9.73 Å². The van der Waals surface area contributed by atoms with Crippen molar-refractivity contribution in [2.45, 2.75) is 51.0 Å². The number of likely N-dealkylation sites (N-methyl/N-ethyl adjacent to an activating group) is 1. The van der Waals surface area contributed by atoms with E-state index in [2.05, 4.69) is 59.7 Å². The van der Waals surface area contributed by atoms with Crippen molar-refractivity contribution in [2.75, 3.05) is 45.9 Å². The van der Waals surface area contributed by atoms with Gasteiger partial charge in [0.1, 0.15) is 0 Å². The molecule has 2 aliphatic heterocycles. The van der Waals surface area contributed by atoms with Crippen molar-refractivity contribution in [2.24, 2.45) is 4.99 Å². The number of nitrogens with one attached hydrogen (secondary N) is 2. The van der Waals surface area contributed by atoms with Crippen molar-refractivity contribution in [1.29, 1.82) is 0 Å². The van der Waals surface area contributed by atoms with E-state index in [0.717, 1.165) is 58.2 Å². The Balaban J connectivity index is 0.00000280. The maximum absolute atomic E-state index is 5.65. The minimum Gasteiger partial charge on any atom is -0.381 e. The number of guanidine groups is 1. The molecule has 2 saturated heterocycles. The monoisotopic (exact) mass is 500 g/mol. The molecule has 0 aliphatic carbocycles. The number of likely N-dealkylation sites (tertiary alicyclic amines) is 1. The van der Waals surface area contributed by atoms with Gasteiger partial charge >= 0.3 is 0 Å². The lowest BCUT2D eigenvalue weighted by molar-refractivity contribution is 0.0531. The quantitative estimate of drug-likeness (QED) is 0.343. The fraction of sp³-hybridized carbons (Fsp3) is 0.682. The van der Waals surface area contributed by atoms with E-state index in [1.165, 1.54) is 24.9 Å². The lowest BCUT2D eigenvalue weighted by atomic mass is 9.74. The van der Waals surface area contributed by atoms with Crippen LogP contribution in [0.5, 0.6) is 0 Å². The molecule has 28 heavy (non-hydrogen) atoms. The summed E-state index contributed by atoms with van der Waals surface area (Å²) in [7, 11) is 0. The van der Waals surface area contributed by atoms with Crippen molar-refractivity contribution in [3.05, 3.63) is 35.9 Å². The van der Waals surface area contributed by atoms with E-state index in [-0.39, 0.29) is 29.4 Å². The van der Waals surface area contributed by atoms with Gasteiger partial charge in [-0.05, 0) is 51.3 Å². The zero-order valence-corrected chi connectivity index (χ0v) is 19.8. The van der Waals surface area contributed by atoms with Crippen LogP contribution < -0.4 is 10.6 Å². The summed E-state index contributed by atoms with van der Waals surface area (Å²) >= 11 is 0. The van der Waals surface area contributed by atoms with Gasteiger partial charge in [0.25, 0.3) is 0 Å². The number of aliphatic imine (C=N–C) groups is 1. The van der Waals surface area contributed by atoms with Gasteiger partial charge in [0, 0.05) is 37.8 Å². The number of nitrogens with zero attached hydrogens (tertiary/aromatic N) is 2. The van der Waals surface area contributed by atoms with E-state index in [9.17, 15) is 0 Å². The average molecular weight is 500 g/mol. The van der Waals surface area contributed by atoms with E-state index >= 15 is 0 Å². The van der Waals surface area contributed by atoms with Gasteiger partial charge in [-0.2, -0.15) is 0 Å². The smallest absolute Gasteiger partial charge is 0.191 e. The Morgan fingerprint density at radius 1 is 1.18 bits per heavy atom. The molecule has 1 unspecified atom stereocenters. The Bertz CT molecular complexity index is 589. The minimum absolute atomic E-state index is 0. The molecule has 0 spiro atoms. The lowest BCUT2D eigenvalue weighted by Crippen LogP contribution is -2.46. The molecule has 1 aromatic carbocycles. The van der Waals surface area contributed by atoms with Crippen molar-refractivity contribution < 1.29 is 4.74 Å². The first-order chi connectivity index (χ1) is 13.3. The van der Waals surface area contributed by atoms with E-state index < -0.39 is 0 Å². The highest BCUT2D eigenvalue weighted by atomic mass is 127. The minimum atomic E-state index is 0. The molecular weight excluding hydrogens is 463 g/mol. The lowest BCUT2D eigenvalue weighted by Gasteiger charge is -2.36. The fourth-order valence-electron chi connectivity index (χ4n) is 4.42. The normalized spacial score (nSPS) is 22.5. The summed E-state index contributed by atoms with van der Waals surface area (Å²) in [4.78, 5) is 7.59. The summed E-state index contributed by atoms with van der Waals surface area (Å²) < 4.78 is 5.65. The third-order valence-corrected chi connectivity index (χ3v) is 6.13. The Kier molecular flexibility index (Phi) is 10.0. The van der Waals surface area contributed by atoms with Crippen LogP contribution in [0.15, 0.2) is 35.3 Å². The first kappa shape index (κ1) is 23.4. The second kappa shape index (κ2) is 12.0. The second-order valence-corrected chi connectivity index (χ2v) is 7.76. The Hall–Kier alpha value is -0.860. The van der Waals surface area contributed by atoms with Crippen LogP contribution in [0.4, 0.5) is 0 Å². The molecule has 5 nitrogen and oxygen atoms in total. The van der Waals surface area contributed by atoms with Crippen molar-refractivity contribution in [3.8, 4) is 0 Å². The van der Waals surface area contributed by atoms with Gasteiger partial charge < -0.3 is 15.4 Å². The molecule has 0 saturated carbocycles. The SMILES string of the molecule is CCNC(=NCC1(c2ccccc2)CCOCC1)NCC1CCCN1CC.I. The summed E-state index contributed by atoms with van der Waals surface area (Å²) in [6.07, 6.45) is 4.66. The van der Waals surface area contributed by atoms with Crippen LogP contribution in [0, 0.1) is 0 Å². The Labute approximate surface area is 187 Å². The molecule has 2 heterocycles. The largest absolute Gasteiger partial charge is 0.381 e. The molecule has 0 radical (unpaired) electrons. The zero-order chi connectivity index (χ0) is 19.0. The van der Waals surface area contributed by atoms with Crippen molar-refractivity contribution in [1.82, 2.24) is 15.5 Å². The van der Waals surface area contributed by atoms with Crippen LogP contribution in [-0.2, 0) is 10.2 Å². The van der Waals surface area contributed by atoms with Crippen LogP contribution in [0.25, 0.3) is 0 Å². The molecule has 0 aromatic heterocycles. The highest BCUT2D eigenvalue weighted by molar-refractivity contribution is 14.0. The zero-order valence-electron chi connectivity index (χ0n) is 17.5. The van der Waals surface area contributed by atoms with E-state index in [1.807, 2.05) is 0 Å². The fourth-order valence-corrected chi connectivity index (χ4v) is 4.42. The molecule has 2 N–H and O–H groups in total. The predicted octanol–water partition coefficient (Wildman–Crippen LogP) is 3.39. The van der Waals surface area contributed by atoms with Crippen LogP contribution in [0.1, 0.15) is 45.1 Å². The maximum atomic E-state index is 5.65. The van der Waals surface area contributed by atoms with Crippen molar-refractivity contribution in [3.63, 3.8) is 0 Å². The Morgan fingerprint density at radius 3 is 2.61 bits per heavy atom. The molecule has 0 amide bonds. The number of rotatable bonds is 7. The van der Waals surface area contributed by atoms with Gasteiger partial charge in [-0.3, -0.25) is 9.89 Å². The highest BCUT2D eigenvalue weighted by Gasteiger charge is 2.34. The van der Waals surface area contributed by atoms with Gasteiger partial charge in [0.15, 0.2) is 5.96 Å². The van der Waals surface area contributed by atoms with Gasteiger partial charge in [-0.1, -0.05) is 37.3 Å². The number of ether oxygens (including phenoxy) is 1. The summed E-state index contributed by atoms with van der Waals surface area (Å²) in [6.45, 7) is 11.1. The molecule has 0 bridgehead atoms. The molecular formula is C22H37IN4O. The third kappa shape index (κ3) is 6.07. The maximum Gasteiger partial charge on any atom is 0.191 e. The molecule has 1 aromatic rings. The van der Waals surface area contributed by atoms with Gasteiger partial charge in [0.05, 0.1) is 6.54 Å². The van der Waals surface area contributed by atoms with Crippen LogP contribution in [0.2, 0.25) is 0 Å². The molecule has 1 atom stereocenters. The van der Waals surface area contributed by atoms with Crippen LogP contribution in [-0.4, -0.2) is 62.8 Å². The van der Waals surface area contributed by atoms with Gasteiger partial charge in [-0.25, -0.2) is 0 Å². The molecule has 158 valence electrons. The number of hydrogen-bond acceptors (Lipinski definition) is 3. The summed E-state index contributed by atoms with van der Waals surface area (Å²) in [5, 5.41) is 7.04. The van der Waals surface area contributed by atoms with Gasteiger partial charge in [-0.15, -0.1) is 24.0 Å². The molecule has 2 fully saturated rings. The summed E-state index contributed by atoms with van der Waals surface area (Å²) in [5.74, 6) is 0.947. The number of hydrogen-bond donors (Lipinski definition) is 2. The second-order valence-electron chi connectivity index (χ2n) is 7.76. The first-order valence-electron chi connectivity index (χ1n) is 10.7. The van der Waals surface area contributed by atoms with E-state index in [1.54, 1.807) is 0 Å². The standard InChI is InChI=1S/C22H36N4O.HI/c1-3-23-21(24-17-20-11-8-14-26(20)4-2)25-18-22(12-15-27-16-13-22)19-9-6-5-7-10-19;/h5-7,9-10,20H,3-4,8,11-18H2,1-2H3,(H2,23,24,25);1H. The van der Waals surface area contributed by atoms with Crippen LogP contribution in [0.3, 0.4) is 0 Å². The van der Waals surface area contributed by atoms with E-state index in [0.29, 0.717) is 6.04 Å². The summed E-state index contributed by atoms with van der Waals surface area (Å²) in [5.41, 5.74) is 1.48. The number of halogens is 1. The highest BCUT2D eigenvalue weighted by Crippen LogP contribution is 2.35.